The van der Waals surface area contributed by atoms with E-state index < -0.39 is 6.61 Å². The Bertz CT molecular complexity index is 1740. The standard InChI is InChI=1S/C33H34F2N6O2/c34-32(35)43-27-15-7-13-25(19-27)21-40-28(17-16-23-9-3-1-4-10-23)37-30-29(31(40)42)41(20-24-11-5-2-6-12-24)33(38-30)39-18-8-14-26(36)22-39/h1-7,9-13,15,19,26,32H,8,14,16-18,20-22,36H2. The minimum absolute atomic E-state index is 0.0209. The van der Waals surface area contributed by atoms with Gasteiger partial charge in [0.05, 0.1) is 13.1 Å². The Morgan fingerprint density at radius 2 is 1.56 bits per heavy atom. The molecular formula is C33H34F2N6O2. The summed E-state index contributed by atoms with van der Waals surface area (Å²) in [5.41, 5.74) is 9.71. The van der Waals surface area contributed by atoms with Crippen LogP contribution in [-0.2, 0) is 25.9 Å². The average Bonchev–Trinajstić information content (AvgIpc) is 3.36. The van der Waals surface area contributed by atoms with Crippen LogP contribution in [0.4, 0.5) is 14.7 Å². The molecule has 10 heteroatoms. The van der Waals surface area contributed by atoms with Gasteiger partial charge in [-0.15, -0.1) is 0 Å². The summed E-state index contributed by atoms with van der Waals surface area (Å²) < 4.78 is 34.1. The van der Waals surface area contributed by atoms with Gasteiger partial charge >= 0.3 is 6.61 Å². The third-order valence-corrected chi connectivity index (χ3v) is 7.79. The fourth-order valence-corrected chi connectivity index (χ4v) is 5.75. The van der Waals surface area contributed by atoms with E-state index >= 15 is 0 Å². The number of aryl methyl sites for hydroxylation is 2. The number of rotatable bonds is 10. The monoisotopic (exact) mass is 584 g/mol. The van der Waals surface area contributed by atoms with Crippen LogP contribution < -0.4 is 20.9 Å². The summed E-state index contributed by atoms with van der Waals surface area (Å²) in [5.74, 6) is 1.30. The number of hydrogen-bond donors (Lipinski definition) is 1. The first kappa shape index (κ1) is 28.5. The van der Waals surface area contributed by atoms with Crippen LogP contribution in [0.5, 0.6) is 5.75 Å². The first-order valence-corrected chi connectivity index (χ1v) is 14.6. The zero-order chi connectivity index (χ0) is 29.8. The highest BCUT2D eigenvalue weighted by Crippen LogP contribution is 2.25. The zero-order valence-corrected chi connectivity index (χ0v) is 23.8. The molecule has 6 rings (SSSR count). The Morgan fingerprint density at radius 3 is 2.28 bits per heavy atom. The predicted octanol–water partition coefficient (Wildman–Crippen LogP) is 5.00. The maximum atomic E-state index is 14.5. The van der Waals surface area contributed by atoms with E-state index in [9.17, 15) is 13.6 Å². The van der Waals surface area contributed by atoms with Crippen LogP contribution in [0.3, 0.4) is 0 Å². The molecule has 2 aromatic heterocycles. The van der Waals surface area contributed by atoms with Gasteiger partial charge in [-0.3, -0.25) is 13.9 Å². The van der Waals surface area contributed by atoms with E-state index in [0.29, 0.717) is 54.4 Å². The van der Waals surface area contributed by atoms with Crippen LogP contribution >= 0.6 is 0 Å². The molecule has 8 nitrogen and oxygen atoms in total. The fourth-order valence-electron chi connectivity index (χ4n) is 5.75. The molecular weight excluding hydrogens is 550 g/mol. The molecule has 43 heavy (non-hydrogen) atoms. The van der Waals surface area contributed by atoms with Crippen molar-refractivity contribution in [2.75, 3.05) is 18.0 Å². The smallest absolute Gasteiger partial charge is 0.387 e. The first-order chi connectivity index (χ1) is 20.9. The largest absolute Gasteiger partial charge is 0.435 e. The number of aromatic nitrogens is 4. The predicted molar refractivity (Wildman–Crippen MR) is 163 cm³/mol. The van der Waals surface area contributed by atoms with Crippen molar-refractivity contribution in [2.45, 2.75) is 51.4 Å². The van der Waals surface area contributed by atoms with Crippen LogP contribution in [0.1, 0.15) is 35.4 Å². The molecule has 0 amide bonds. The molecule has 0 aliphatic carbocycles. The summed E-state index contributed by atoms with van der Waals surface area (Å²) in [5, 5.41) is 0. The van der Waals surface area contributed by atoms with Crippen molar-refractivity contribution < 1.29 is 13.5 Å². The summed E-state index contributed by atoms with van der Waals surface area (Å²) in [4.78, 5) is 26.5. The molecule has 0 radical (unpaired) electrons. The van der Waals surface area contributed by atoms with E-state index in [0.717, 1.165) is 30.5 Å². The highest BCUT2D eigenvalue weighted by atomic mass is 19.3. The highest BCUT2D eigenvalue weighted by Gasteiger charge is 2.26. The number of fused-ring (bicyclic) bond motifs is 1. The summed E-state index contributed by atoms with van der Waals surface area (Å²) in [6.45, 7) is -0.920. The number of halogens is 2. The number of nitrogens with two attached hydrogens (primary N) is 1. The highest BCUT2D eigenvalue weighted by molar-refractivity contribution is 5.74. The van der Waals surface area contributed by atoms with Gasteiger partial charge in [0.2, 0.25) is 5.95 Å². The normalized spacial score (nSPS) is 15.3. The van der Waals surface area contributed by atoms with Crippen LogP contribution in [0.2, 0.25) is 0 Å². The number of nitrogens with zero attached hydrogens (tertiary/aromatic N) is 5. The van der Waals surface area contributed by atoms with Gasteiger partial charge < -0.3 is 15.4 Å². The lowest BCUT2D eigenvalue weighted by Gasteiger charge is -2.31. The fraction of sp³-hybridized carbons (Fsp3) is 0.303. The number of anilines is 1. The molecule has 0 bridgehead atoms. The van der Waals surface area contributed by atoms with Gasteiger partial charge in [-0.2, -0.15) is 13.8 Å². The second-order valence-electron chi connectivity index (χ2n) is 10.9. The summed E-state index contributed by atoms with van der Waals surface area (Å²) in [6, 6.07) is 26.4. The van der Waals surface area contributed by atoms with E-state index in [1.54, 1.807) is 16.7 Å². The topological polar surface area (TPSA) is 91.2 Å². The van der Waals surface area contributed by atoms with Crippen molar-refractivity contribution in [3.8, 4) is 5.75 Å². The number of piperidine rings is 1. The van der Waals surface area contributed by atoms with Crippen molar-refractivity contribution in [1.29, 1.82) is 0 Å². The Balaban J connectivity index is 1.48. The number of hydrogen-bond acceptors (Lipinski definition) is 6. The molecule has 5 aromatic rings. The summed E-state index contributed by atoms with van der Waals surface area (Å²) in [7, 11) is 0. The van der Waals surface area contributed by atoms with Crippen LogP contribution in [0.25, 0.3) is 11.2 Å². The third kappa shape index (κ3) is 6.59. The molecule has 3 heterocycles. The molecule has 0 saturated carbocycles. The van der Waals surface area contributed by atoms with Crippen LogP contribution in [-0.4, -0.2) is 44.8 Å². The second kappa shape index (κ2) is 12.7. The Morgan fingerprint density at radius 1 is 0.860 bits per heavy atom. The molecule has 1 aliphatic heterocycles. The van der Waals surface area contributed by atoms with E-state index in [1.807, 2.05) is 65.2 Å². The van der Waals surface area contributed by atoms with Gasteiger partial charge in [0.15, 0.2) is 11.2 Å². The Kier molecular flexibility index (Phi) is 8.46. The molecule has 1 saturated heterocycles. The maximum Gasteiger partial charge on any atom is 0.387 e. The Hall–Kier alpha value is -4.57. The molecule has 2 N–H and O–H groups in total. The SMILES string of the molecule is NC1CCCN(c2nc3nc(CCc4ccccc4)n(Cc4cccc(OC(F)F)c4)c(=O)c3n2Cc2ccccc2)C1. The molecule has 0 spiro atoms. The van der Waals surface area contributed by atoms with E-state index in [4.69, 9.17) is 15.7 Å². The van der Waals surface area contributed by atoms with Gasteiger partial charge in [-0.05, 0) is 48.1 Å². The van der Waals surface area contributed by atoms with Gasteiger partial charge in [0.25, 0.3) is 5.56 Å². The first-order valence-electron chi connectivity index (χ1n) is 14.6. The van der Waals surface area contributed by atoms with Crippen LogP contribution in [0, 0.1) is 0 Å². The van der Waals surface area contributed by atoms with Crippen molar-refractivity contribution in [3.63, 3.8) is 0 Å². The van der Waals surface area contributed by atoms with Crippen molar-refractivity contribution >= 4 is 17.1 Å². The van der Waals surface area contributed by atoms with Gasteiger partial charge in [-0.25, -0.2) is 4.98 Å². The van der Waals surface area contributed by atoms with E-state index in [2.05, 4.69) is 9.64 Å². The minimum atomic E-state index is -2.94. The number of ether oxygens (including phenoxy) is 1. The summed E-state index contributed by atoms with van der Waals surface area (Å²) >= 11 is 0. The third-order valence-electron chi connectivity index (χ3n) is 7.79. The number of alkyl halides is 2. The quantitative estimate of drug-likeness (QED) is 0.248. The lowest BCUT2D eigenvalue weighted by atomic mass is 10.1. The molecule has 3 aromatic carbocycles. The molecule has 1 fully saturated rings. The van der Waals surface area contributed by atoms with Crippen molar-refractivity contribution in [2.24, 2.45) is 5.73 Å². The second-order valence-corrected chi connectivity index (χ2v) is 10.9. The zero-order valence-electron chi connectivity index (χ0n) is 23.8. The lowest BCUT2D eigenvalue weighted by molar-refractivity contribution is -0.0498. The summed E-state index contributed by atoms with van der Waals surface area (Å²) in [6.07, 6.45) is 3.05. The number of benzene rings is 3. The van der Waals surface area contributed by atoms with Crippen molar-refractivity contribution in [1.82, 2.24) is 19.1 Å². The molecule has 222 valence electrons. The average molecular weight is 585 g/mol. The number of imidazole rings is 1. The van der Waals surface area contributed by atoms with E-state index in [-0.39, 0.29) is 23.9 Å². The van der Waals surface area contributed by atoms with Crippen LogP contribution in [0.15, 0.2) is 89.7 Å². The molecule has 1 unspecified atom stereocenters. The van der Waals surface area contributed by atoms with Crippen molar-refractivity contribution in [3.05, 3.63) is 118 Å². The Labute approximate surface area is 248 Å². The van der Waals surface area contributed by atoms with E-state index in [1.165, 1.54) is 12.1 Å². The van der Waals surface area contributed by atoms with Gasteiger partial charge in [0, 0.05) is 25.6 Å². The van der Waals surface area contributed by atoms with Gasteiger partial charge in [0.1, 0.15) is 11.6 Å². The minimum Gasteiger partial charge on any atom is -0.435 e. The maximum absolute atomic E-state index is 14.5. The molecule has 1 aliphatic rings. The van der Waals surface area contributed by atoms with Gasteiger partial charge in [-0.1, -0.05) is 72.8 Å². The lowest BCUT2D eigenvalue weighted by Crippen LogP contribution is -2.44. The molecule has 1 atom stereocenters.